The van der Waals surface area contributed by atoms with Crippen molar-refractivity contribution in [3.8, 4) is 0 Å². The summed E-state index contributed by atoms with van der Waals surface area (Å²) >= 11 is -3.87. The van der Waals surface area contributed by atoms with Gasteiger partial charge in [-0.05, 0) is 0 Å². The molecule has 0 radical (unpaired) electrons. The zero-order valence-corrected chi connectivity index (χ0v) is 18.1. The van der Waals surface area contributed by atoms with Gasteiger partial charge in [-0.15, -0.1) is 0 Å². The minimum atomic E-state index is -3.87. The molecule has 10 heteroatoms. The molecule has 0 saturated heterocycles. The summed E-state index contributed by atoms with van der Waals surface area (Å²) in [6.45, 7) is 4.95. The third-order valence-electron chi connectivity index (χ3n) is 3.31. The Morgan fingerprint density at radius 3 is 1.00 bits per heavy atom. The number of ketones is 3. The number of ether oxygens (including phenoxy) is 3. The van der Waals surface area contributed by atoms with Crippen LogP contribution in [0.4, 0.5) is 0 Å². The van der Waals surface area contributed by atoms with Crippen molar-refractivity contribution >= 4 is 29.6 Å². The molecule has 0 amide bonds. The molecule has 28 heavy (non-hydrogen) atoms. The summed E-state index contributed by atoms with van der Waals surface area (Å²) in [5.74, 6) is -1.67. The summed E-state index contributed by atoms with van der Waals surface area (Å²) in [6, 6.07) is 0. The van der Waals surface area contributed by atoms with Crippen molar-refractivity contribution < 1.29 is 60.8 Å². The van der Waals surface area contributed by atoms with E-state index in [1.165, 1.54) is 0 Å². The van der Waals surface area contributed by atoms with Crippen molar-refractivity contribution in [2.45, 2.75) is 40.0 Å². The maximum absolute atomic E-state index is 12.5. The molecule has 0 rings (SSSR count). The fourth-order valence-corrected chi connectivity index (χ4v) is 5.28. The van der Waals surface area contributed by atoms with Crippen LogP contribution in [0.3, 0.4) is 0 Å². The molecule has 0 aromatic rings. The zero-order chi connectivity index (χ0) is 21.5. The monoisotopic (exact) mass is 435 g/mol. The molecular formula is C18H27O9Ti. The third kappa shape index (κ3) is 11.5. The molecule has 0 aliphatic heterocycles. The minimum absolute atomic E-state index is 0.277. The van der Waals surface area contributed by atoms with Gasteiger partial charge in [-0.25, -0.2) is 0 Å². The van der Waals surface area contributed by atoms with Crippen molar-refractivity contribution in [1.29, 1.82) is 0 Å². The second-order valence-corrected chi connectivity index (χ2v) is 9.49. The average Bonchev–Trinajstić information content (AvgIpc) is 2.62. The summed E-state index contributed by atoms with van der Waals surface area (Å²) in [5.41, 5.74) is 0. The van der Waals surface area contributed by atoms with Crippen LogP contribution < -0.4 is 0 Å². The van der Waals surface area contributed by atoms with Gasteiger partial charge in [0.2, 0.25) is 0 Å². The molecule has 0 aliphatic rings. The standard InChI is InChI=1S/3C6H9O3.Ti/c3*1-2-9-5-6(8)3-4-7;/h3*2-3,5H2,1H3;. The topological polar surface area (TPSA) is 130 Å². The number of hydrogen-bond acceptors (Lipinski definition) is 9. The molecule has 0 N–H and O–H groups in total. The molecule has 0 spiro atoms. The molecule has 157 valence electrons. The van der Waals surface area contributed by atoms with Gasteiger partial charge in [0.15, 0.2) is 0 Å². The van der Waals surface area contributed by atoms with Gasteiger partial charge in [-0.3, -0.25) is 0 Å². The fraction of sp³-hybridized carbons (Fsp3) is 0.667. The maximum atomic E-state index is 12.5. The predicted octanol–water partition coefficient (Wildman–Crippen LogP) is 0.172. The predicted molar refractivity (Wildman–Crippen MR) is 93.4 cm³/mol. The summed E-state index contributed by atoms with van der Waals surface area (Å²) in [5, 5.41) is 0. The number of hydrogen-bond donors (Lipinski definition) is 0. The Bertz CT molecular complexity index is 505. The summed E-state index contributed by atoms with van der Waals surface area (Å²) in [4.78, 5) is 72.7. The van der Waals surface area contributed by atoms with Gasteiger partial charge in [-0.1, -0.05) is 0 Å². The second kappa shape index (κ2) is 15.5. The van der Waals surface area contributed by atoms with Gasteiger partial charge >= 0.3 is 170 Å². The first-order chi connectivity index (χ1) is 13.3. The molecule has 0 fully saturated rings. The first-order valence-corrected chi connectivity index (χ1v) is 11.4. The van der Waals surface area contributed by atoms with Gasteiger partial charge in [-0.2, -0.15) is 0 Å². The molecular weight excluding hydrogens is 408 g/mol. The molecule has 0 aromatic carbocycles. The quantitative estimate of drug-likeness (QED) is 0.218. The molecule has 0 aromatic heterocycles. The number of carbonyl (C=O) groups excluding carboxylic acids is 6. The van der Waals surface area contributed by atoms with E-state index in [0.29, 0.717) is 0 Å². The molecule has 0 unspecified atom stereocenters. The van der Waals surface area contributed by atoms with Crippen molar-refractivity contribution in [1.82, 2.24) is 0 Å². The number of carbonyl (C=O) groups is 6. The van der Waals surface area contributed by atoms with Crippen molar-refractivity contribution in [3.63, 3.8) is 0 Å². The first kappa shape index (κ1) is 26.6. The van der Waals surface area contributed by atoms with Crippen LogP contribution in [0.5, 0.6) is 0 Å². The Labute approximate surface area is 170 Å². The Morgan fingerprint density at radius 2 is 0.786 bits per heavy atom. The van der Waals surface area contributed by atoms with E-state index in [9.17, 15) is 28.8 Å². The summed E-state index contributed by atoms with van der Waals surface area (Å²) in [7, 11) is 0. The van der Waals surface area contributed by atoms with E-state index < -0.39 is 66.7 Å². The number of rotatable bonds is 18. The van der Waals surface area contributed by atoms with Gasteiger partial charge in [0.1, 0.15) is 0 Å². The van der Waals surface area contributed by atoms with E-state index in [2.05, 4.69) is 0 Å². The van der Waals surface area contributed by atoms with Crippen molar-refractivity contribution in [2.24, 2.45) is 0 Å². The van der Waals surface area contributed by atoms with Crippen LogP contribution in [0.2, 0.25) is 0 Å². The SMILES string of the molecule is CCOCC(=O)C[C](=O)[Ti]([C](=O)CC(=O)COCC)[C](=O)CC(=O)COCC. The van der Waals surface area contributed by atoms with Gasteiger partial charge in [0, 0.05) is 0 Å². The van der Waals surface area contributed by atoms with E-state index in [4.69, 9.17) is 14.2 Å². The molecule has 0 saturated carbocycles. The molecule has 0 bridgehead atoms. The van der Waals surface area contributed by atoms with E-state index >= 15 is 0 Å². The van der Waals surface area contributed by atoms with Crippen LogP contribution in [0, 0.1) is 0 Å². The molecule has 0 atom stereocenters. The average molecular weight is 435 g/mol. The Hall–Kier alpha value is -1.39. The van der Waals surface area contributed by atoms with Crippen LogP contribution in [0.25, 0.3) is 0 Å². The van der Waals surface area contributed by atoms with Crippen molar-refractivity contribution in [2.75, 3.05) is 39.6 Å². The van der Waals surface area contributed by atoms with Crippen LogP contribution in [-0.4, -0.2) is 69.3 Å². The van der Waals surface area contributed by atoms with Crippen LogP contribution >= 0.6 is 0 Å². The van der Waals surface area contributed by atoms with E-state index in [-0.39, 0.29) is 39.6 Å². The zero-order valence-electron chi connectivity index (χ0n) is 16.5. The molecule has 0 aliphatic carbocycles. The summed E-state index contributed by atoms with van der Waals surface area (Å²) in [6.07, 6.45) is -1.86. The first-order valence-electron chi connectivity index (χ1n) is 9.01. The molecule has 9 nitrogen and oxygen atoms in total. The van der Waals surface area contributed by atoms with Gasteiger partial charge in [0.05, 0.1) is 0 Å². The second-order valence-electron chi connectivity index (χ2n) is 5.70. The van der Waals surface area contributed by atoms with Gasteiger partial charge < -0.3 is 0 Å². The van der Waals surface area contributed by atoms with Gasteiger partial charge in [0.25, 0.3) is 0 Å². The van der Waals surface area contributed by atoms with Crippen LogP contribution in [0.1, 0.15) is 40.0 Å². The van der Waals surface area contributed by atoms with E-state index in [1.807, 2.05) is 0 Å². The normalized spacial score (nSPS) is 10.4. The Balaban J connectivity index is 5.17. The Morgan fingerprint density at radius 1 is 0.536 bits per heavy atom. The number of Topliss-reactive ketones (excluding diaryl/α,β-unsaturated/α-hetero) is 3. The van der Waals surface area contributed by atoms with Crippen molar-refractivity contribution in [3.05, 3.63) is 0 Å². The summed E-state index contributed by atoms with van der Waals surface area (Å²) < 4.78 is 12.4. The molecule has 0 heterocycles. The van der Waals surface area contributed by atoms with Crippen LogP contribution in [-0.2, 0) is 60.8 Å². The Kier molecular flexibility index (Phi) is 14.8. The van der Waals surface area contributed by atoms with E-state index in [0.717, 1.165) is 0 Å². The van der Waals surface area contributed by atoms with E-state index in [1.54, 1.807) is 20.8 Å². The fourth-order valence-electron chi connectivity index (χ4n) is 2.07. The third-order valence-corrected chi connectivity index (χ3v) is 6.75. The van der Waals surface area contributed by atoms with Crippen LogP contribution in [0.15, 0.2) is 0 Å².